The Bertz CT molecular complexity index is 310. The van der Waals surface area contributed by atoms with Crippen LogP contribution in [0.4, 0.5) is 0 Å². The maximum atomic E-state index is 9.47. The second kappa shape index (κ2) is 5.44. The Kier molecular flexibility index (Phi) is 4.51. The van der Waals surface area contributed by atoms with Crippen LogP contribution in [0.2, 0.25) is 0 Å². The molecule has 0 atom stereocenters. The van der Waals surface area contributed by atoms with E-state index in [1.54, 1.807) is 6.07 Å². The smallest absolute Gasteiger partial charge is 0.132 e. The molecule has 14 heavy (non-hydrogen) atoms. The number of phenolic OH excluding ortho intramolecular Hbond substituents is 2. The monoisotopic (exact) mass is 306 g/mol. The summed E-state index contributed by atoms with van der Waals surface area (Å²) in [7, 11) is 0. The molecule has 1 aromatic rings. The lowest BCUT2D eigenvalue weighted by molar-refractivity contribution is 0.446. The van der Waals surface area contributed by atoms with Gasteiger partial charge in [0.2, 0.25) is 0 Å². The first kappa shape index (κ1) is 11.6. The Morgan fingerprint density at radius 3 is 2.57 bits per heavy atom. The zero-order valence-corrected chi connectivity index (χ0v) is 10.4. The van der Waals surface area contributed by atoms with Crippen molar-refractivity contribution in [1.82, 2.24) is 0 Å². The van der Waals surface area contributed by atoms with Gasteiger partial charge in [-0.25, -0.2) is 0 Å². The third-order valence-corrected chi connectivity index (χ3v) is 3.41. The highest BCUT2D eigenvalue weighted by atomic mass is 127. The minimum Gasteiger partial charge on any atom is -0.508 e. The van der Waals surface area contributed by atoms with E-state index in [4.69, 9.17) is 0 Å². The third-order valence-electron chi connectivity index (χ3n) is 2.16. The summed E-state index contributed by atoms with van der Waals surface area (Å²) < 4.78 is 0.858. The van der Waals surface area contributed by atoms with Gasteiger partial charge in [0.25, 0.3) is 0 Å². The van der Waals surface area contributed by atoms with E-state index >= 15 is 0 Å². The fourth-order valence-corrected chi connectivity index (χ4v) is 1.98. The molecule has 2 N–H and O–H groups in total. The predicted octanol–water partition coefficient (Wildman–Crippen LogP) is 3.44. The van der Waals surface area contributed by atoms with Gasteiger partial charge in [-0.05, 0) is 47.1 Å². The summed E-state index contributed by atoms with van der Waals surface area (Å²) in [5, 5.41) is 18.8. The molecule has 0 aliphatic rings. The lowest BCUT2D eigenvalue weighted by atomic mass is 10.1. The summed E-state index contributed by atoms with van der Waals surface area (Å²) in [5.41, 5.74) is 1.04. The van der Waals surface area contributed by atoms with Crippen LogP contribution in [0.25, 0.3) is 0 Å². The molecule has 78 valence electrons. The van der Waals surface area contributed by atoms with E-state index < -0.39 is 0 Å². The van der Waals surface area contributed by atoms with Crippen molar-refractivity contribution in [2.24, 2.45) is 0 Å². The van der Waals surface area contributed by atoms with Crippen molar-refractivity contribution in [2.75, 3.05) is 0 Å². The molecule has 0 spiro atoms. The largest absolute Gasteiger partial charge is 0.508 e. The number of benzene rings is 1. The highest BCUT2D eigenvalue weighted by Gasteiger charge is 2.06. The van der Waals surface area contributed by atoms with Crippen LogP contribution in [0.1, 0.15) is 31.7 Å². The maximum absolute atomic E-state index is 9.47. The number of hydrogen-bond donors (Lipinski definition) is 2. The van der Waals surface area contributed by atoms with Gasteiger partial charge in [0.15, 0.2) is 0 Å². The molecule has 2 nitrogen and oxygen atoms in total. The zero-order chi connectivity index (χ0) is 10.6. The summed E-state index contributed by atoms with van der Waals surface area (Å²) in [4.78, 5) is 0. The molecule has 0 bridgehead atoms. The van der Waals surface area contributed by atoms with Crippen LogP contribution in [0.5, 0.6) is 11.5 Å². The Morgan fingerprint density at radius 2 is 1.93 bits per heavy atom. The molecule has 0 saturated carbocycles. The van der Waals surface area contributed by atoms with Crippen molar-refractivity contribution in [3.63, 3.8) is 0 Å². The normalized spacial score (nSPS) is 10.4. The van der Waals surface area contributed by atoms with Gasteiger partial charge in [-0.15, -0.1) is 0 Å². The van der Waals surface area contributed by atoms with Crippen LogP contribution < -0.4 is 0 Å². The SMILES string of the molecule is CCCCCc1cc(O)cc(O)c1I. The molecule has 0 heterocycles. The van der Waals surface area contributed by atoms with Crippen molar-refractivity contribution in [2.45, 2.75) is 32.6 Å². The van der Waals surface area contributed by atoms with Gasteiger partial charge in [0.05, 0.1) is 3.57 Å². The Balaban J connectivity index is 2.75. The minimum absolute atomic E-state index is 0.148. The number of halogens is 1. The fraction of sp³-hybridized carbons (Fsp3) is 0.455. The van der Waals surface area contributed by atoms with Gasteiger partial charge < -0.3 is 10.2 Å². The Hall–Kier alpha value is -0.450. The van der Waals surface area contributed by atoms with Gasteiger partial charge in [-0.2, -0.15) is 0 Å². The second-order valence-corrected chi connectivity index (χ2v) is 4.47. The fourth-order valence-electron chi connectivity index (χ4n) is 1.40. The molecule has 0 radical (unpaired) electrons. The van der Waals surface area contributed by atoms with Crippen LogP contribution in [-0.4, -0.2) is 10.2 Å². The van der Waals surface area contributed by atoms with Crippen LogP contribution >= 0.6 is 22.6 Å². The van der Waals surface area contributed by atoms with Crippen molar-refractivity contribution in [3.05, 3.63) is 21.3 Å². The Labute approximate surface area is 98.1 Å². The van der Waals surface area contributed by atoms with Crippen LogP contribution in [-0.2, 0) is 6.42 Å². The molecule has 0 amide bonds. The average Bonchev–Trinajstić information content (AvgIpc) is 2.13. The van der Waals surface area contributed by atoms with E-state index in [1.807, 2.05) is 0 Å². The molecule has 0 aliphatic carbocycles. The molecule has 1 aromatic carbocycles. The summed E-state index contributed by atoms with van der Waals surface area (Å²) in [5.74, 6) is 0.325. The molecular weight excluding hydrogens is 291 g/mol. The second-order valence-electron chi connectivity index (χ2n) is 3.40. The van der Waals surface area contributed by atoms with E-state index in [0.29, 0.717) is 0 Å². The van der Waals surface area contributed by atoms with Gasteiger partial charge >= 0.3 is 0 Å². The molecule has 1 rings (SSSR count). The topological polar surface area (TPSA) is 40.5 Å². The highest BCUT2D eigenvalue weighted by Crippen LogP contribution is 2.29. The quantitative estimate of drug-likeness (QED) is 0.661. The average molecular weight is 306 g/mol. The van der Waals surface area contributed by atoms with Gasteiger partial charge in [0, 0.05) is 6.07 Å². The first-order valence-electron chi connectivity index (χ1n) is 4.85. The van der Waals surface area contributed by atoms with Crippen LogP contribution in [0, 0.1) is 3.57 Å². The van der Waals surface area contributed by atoms with E-state index in [1.165, 1.54) is 18.9 Å². The van der Waals surface area contributed by atoms with Crippen molar-refractivity contribution < 1.29 is 10.2 Å². The van der Waals surface area contributed by atoms with E-state index in [9.17, 15) is 10.2 Å². The van der Waals surface area contributed by atoms with Crippen LogP contribution in [0.3, 0.4) is 0 Å². The molecule has 0 fully saturated rings. The minimum atomic E-state index is 0.148. The first-order chi connectivity index (χ1) is 6.65. The van der Waals surface area contributed by atoms with E-state index in [-0.39, 0.29) is 11.5 Å². The molecular formula is C11H15IO2. The molecule has 0 aromatic heterocycles. The lowest BCUT2D eigenvalue weighted by Gasteiger charge is -2.06. The van der Waals surface area contributed by atoms with Crippen LogP contribution in [0.15, 0.2) is 12.1 Å². The summed E-state index contributed by atoms with van der Waals surface area (Å²) >= 11 is 2.11. The molecule has 0 aliphatic heterocycles. The maximum Gasteiger partial charge on any atom is 0.132 e. The summed E-state index contributed by atoms with van der Waals surface area (Å²) in [6.45, 7) is 2.16. The van der Waals surface area contributed by atoms with E-state index in [0.717, 1.165) is 22.0 Å². The molecule has 0 unspecified atom stereocenters. The summed E-state index contributed by atoms with van der Waals surface area (Å²) in [6, 6.07) is 3.11. The number of aromatic hydroxyl groups is 2. The zero-order valence-electron chi connectivity index (χ0n) is 8.26. The number of rotatable bonds is 4. The number of hydrogen-bond acceptors (Lipinski definition) is 2. The number of aryl methyl sites for hydroxylation is 1. The standard InChI is InChI=1S/C11H15IO2/c1-2-3-4-5-8-6-9(13)7-10(14)11(8)12/h6-7,13-14H,2-5H2,1H3. The Morgan fingerprint density at radius 1 is 1.21 bits per heavy atom. The van der Waals surface area contributed by atoms with Crippen molar-refractivity contribution in [1.29, 1.82) is 0 Å². The lowest BCUT2D eigenvalue weighted by Crippen LogP contribution is -1.90. The number of unbranched alkanes of at least 4 members (excludes halogenated alkanes) is 2. The first-order valence-corrected chi connectivity index (χ1v) is 5.93. The predicted molar refractivity (Wildman–Crippen MR) is 65.7 cm³/mol. The highest BCUT2D eigenvalue weighted by molar-refractivity contribution is 14.1. The number of phenols is 2. The summed E-state index contributed by atoms with van der Waals surface area (Å²) in [6.07, 6.45) is 4.40. The van der Waals surface area contributed by atoms with Crippen molar-refractivity contribution in [3.8, 4) is 11.5 Å². The van der Waals surface area contributed by atoms with Gasteiger partial charge in [0.1, 0.15) is 11.5 Å². The van der Waals surface area contributed by atoms with E-state index in [2.05, 4.69) is 29.5 Å². The third kappa shape index (κ3) is 3.04. The molecule has 0 saturated heterocycles. The van der Waals surface area contributed by atoms with Gasteiger partial charge in [-0.1, -0.05) is 19.8 Å². The molecule has 3 heteroatoms. The van der Waals surface area contributed by atoms with Crippen molar-refractivity contribution >= 4 is 22.6 Å². The van der Waals surface area contributed by atoms with Gasteiger partial charge in [-0.3, -0.25) is 0 Å².